The SMILES string of the molecule is CC(=O)[C@@H](C)Sc1nnc(N2CCOCC2)n1-c1ccc(C)cc1. The Morgan fingerprint density at radius 2 is 1.88 bits per heavy atom. The number of ketones is 1. The molecule has 0 bridgehead atoms. The van der Waals surface area contributed by atoms with Gasteiger partial charge < -0.3 is 9.64 Å². The number of ether oxygens (including phenoxy) is 1. The summed E-state index contributed by atoms with van der Waals surface area (Å²) in [5.41, 5.74) is 2.20. The number of rotatable bonds is 5. The van der Waals surface area contributed by atoms with Crippen LogP contribution in [-0.4, -0.2) is 52.1 Å². The van der Waals surface area contributed by atoms with E-state index in [1.54, 1.807) is 6.92 Å². The fourth-order valence-corrected chi connectivity index (χ4v) is 3.33. The summed E-state index contributed by atoms with van der Waals surface area (Å²) in [4.78, 5) is 13.8. The molecule has 0 amide bonds. The number of aromatic nitrogens is 3. The summed E-state index contributed by atoms with van der Waals surface area (Å²) in [5, 5.41) is 9.34. The number of morpholine rings is 1. The Bertz CT molecular complexity index is 708. The summed E-state index contributed by atoms with van der Waals surface area (Å²) in [7, 11) is 0. The molecule has 1 aliphatic rings. The topological polar surface area (TPSA) is 60.3 Å². The number of carbonyl (C=O) groups is 1. The minimum absolute atomic E-state index is 0.131. The third-order valence-corrected chi connectivity index (χ3v) is 5.22. The third-order valence-electron chi connectivity index (χ3n) is 4.06. The summed E-state index contributed by atoms with van der Waals surface area (Å²) >= 11 is 1.44. The van der Waals surface area contributed by atoms with Gasteiger partial charge in [0.15, 0.2) is 5.16 Å². The highest BCUT2D eigenvalue weighted by Gasteiger charge is 2.23. The van der Waals surface area contributed by atoms with Gasteiger partial charge in [-0.3, -0.25) is 9.36 Å². The predicted octanol–water partition coefficient (Wildman–Crippen LogP) is 2.48. The van der Waals surface area contributed by atoms with Gasteiger partial charge in [-0.2, -0.15) is 0 Å². The normalized spacial score (nSPS) is 16.2. The Morgan fingerprint density at radius 1 is 1.21 bits per heavy atom. The summed E-state index contributed by atoms with van der Waals surface area (Å²) in [6.45, 7) is 8.52. The van der Waals surface area contributed by atoms with E-state index in [1.807, 2.05) is 11.5 Å². The minimum Gasteiger partial charge on any atom is -0.378 e. The maximum atomic E-state index is 11.6. The van der Waals surface area contributed by atoms with Gasteiger partial charge in [-0.1, -0.05) is 29.5 Å². The van der Waals surface area contributed by atoms with Gasteiger partial charge >= 0.3 is 0 Å². The van der Waals surface area contributed by atoms with Gasteiger partial charge in [-0.25, -0.2) is 0 Å². The highest BCUT2D eigenvalue weighted by Crippen LogP contribution is 2.29. The molecule has 0 unspecified atom stereocenters. The highest BCUT2D eigenvalue weighted by molar-refractivity contribution is 8.00. The monoisotopic (exact) mass is 346 g/mol. The van der Waals surface area contributed by atoms with Crippen LogP contribution in [0.3, 0.4) is 0 Å². The van der Waals surface area contributed by atoms with Crippen LogP contribution in [-0.2, 0) is 9.53 Å². The summed E-state index contributed by atoms with van der Waals surface area (Å²) in [6, 6.07) is 8.26. The van der Waals surface area contributed by atoms with Crippen molar-refractivity contribution < 1.29 is 9.53 Å². The zero-order valence-electron chi connectivity index (χ0n) is 14.2. The van der Waals surface area contributed by atoms with E-state index < -0.39 is 0 Å². The molecular formula is C17H22N4O2S. The Morgan fingerprint density at radius 3 is 2.50 bits per heavy atom. The number of hydrogen-bond donors (Lipinski definition) is 0. The van der Waals surface area contributed by atoms with E-state index in [2.05, 4.69) is 46.3 Å². The average molecular weight is 346 g/mol. The quantitative estimate of drug-likeness (QED) is 0.775. The van der Waals surface area contributed by atoms with Gasteiger partial charge in [0, 0.05) is 13.1 Å². The van der Waals surface area contributed by atoms with Crippen LogP contribution in [0, 0.1) is 6.92 Å². The molecule has 7 heteroatoms. The summed E-state index contributed by atoms with van der Waals surface area (Å²) in [5.74, 6) is 0.937. The van der Waals surface area contributed by atoms with Crippen molar-refractivity contribution in [3.8, 4) is 5.69 Å². The first-order valence-corrected chi connectivity index (χ1v) is 8.96. The maximum absolute atomic E-state index is 11.6. The van der Waals surface area contributed by atoms with Crippen LogP contribution in [0.5, 0.6) is 0 Å². The second-order valence-corrected chi connectivity index (χ2v) is 7.23. The molecule has 0 saturated carbocycles. The first-order chi connectivity index (χ1) is 11.6. The predicted molar refractivity (Wildman–Crippen MR) is 95.1 cm³/mol. The third kappa shape index (κ3) is 3.62. The van der Waals surface area contributed by atoms with Gasteiger partial charge in [0.25, 0.3) is 0 Å². The van der Waals surface area contributed by atoms with E-state index in [9.17, 15) is 4.79 Å². The second kappa shape index (κ2) is 7.36. The van der Waals surface area contributed by atoms with Gasteiger partial charge in [-0.15, -0.1) is 10.2 Å². The van der Waals surface area contributed by atoms with E-state index in [1.165, 1.54) is 17.3 Å². The van der Waals surface area contributed by atoms with Gasteiger partial charge in [-0.05, 0) is 32.9 Å². The molecule has 1 aromatic heterocycles. The van der Waals surface area contributed by atoms with Crippen molar-refractivity contribution in [2.24, 2.45) is 0 Å². The standard InChI is InChI=1S/C17H22N4O2S/c1-12-4-6-15(7-5-12)21-16(20-8-10-23-11-9-20)18-19-17(21)24-14(3)13(2)22/h4-7,14H,8-11H2,1-3H3/t14-/m1/s1. The maximum Gasteiger partial charge on any atom is 0.232 e. The van der Waals surface area contributed by atoms with Crippen molar-refractivity contribution >= 4 is 23.5 Å². The molecule has 3 rings (SSSR count). The number of anilines is 1. The molecule has 2 aromatic rings. The molecule has 2 heterocycles. The van der Waals surface area contributed by atoms with Crippen LogP contribution in [0.2, 0.25) is 0 Å². The number of benzene rings is 1. The Labute approximate surface area is 146 Å². The number of thioether (sulfide) groups is 1. The lowest BCUT2D eigenvalue weighted by atomic mass is 10.2. The van der Waals surface area contributed by atoms with Crippen molar-refractivity contribution in [2.45, 2.75) is 31.2 Å². The molecule has 0 spiro atoms. The summed E-state index contributed by atoms with van der Waals surface area (Å²) in [6.07, 6.45) is 0. The van der Waals surface area contributed by atoms with Crippen molar-refractivity contribution in [3.63, 3.8) is 0 Å². The fourth-order valence-electron chi connectivity index (χ4n) is 2.47. The van der Waals surface area contributed by atoms with Crippen molar-refractivity contribution in [1.29, 1.82) is 0 Å². The second-order valence-electron chi connectivity index (χ2n) is 5.92. The number of aryl methyl sites for hydroxylation is 1. The van der Waals surface area contributed by atoms with Crippen LogP contribution in [0.4, 0.5) is 5.95 Å². The van der Waals surface area contributed by atoms with Crippen molar-refractivity contribution in [1.82, 2.24) is 14.8 Å². The van der Waals surface area contributed by atoms with Crippen LogP contribution < -0.4 is 4.90 Å². The smallest absolute Gasteiger partial charge is 0.232 e. The Kier molecular flexibility index (Phi) is 5.20. The molecule has 1 aromatic carbocycles. The van der Waals surface area contributed by atoms with Gasteiger partial charge in [0.1, 0.15) is 5.78 Å². The van der Waals surface area contributed by atoms with E-state index in [4.69, 9.17) is 4.74 Å². The van der Waals surface area contributed by atoms with E-state index in [0.717, 1.165) is 29.9 Å². The van der Waals surface area contributed by atoms with E-state index >= 15 is 0 Å². The Hall–Kier alpha value is -1.86. The lowest BCUT2D eigenvalue weighted by Gasteiger charge is -2.28. The Balaban J connectivity index is 2.01. The zero-order valence-corrected chi connectivity index (χ0v) is 15.0. The molecule has 1 atom stereocenters. The molecule has 1 aliphatic heterocycles. The molecule has 0 aliphatic carbocycles. The minimum atomic E-state index is -0.157. The van der Waals surface area contributed by atoms with Crippen LogP contribution in [0.1, 0.15) is 19.4 Å². The van der Waals surface area contributed by atoms with E-state index in [-0.39, 0.29) is 11.0 Å². The van der Waals surface area contributed by atoms with Crippen LogP contribution in [0.25, 0.3) is 5.69 Å². The van der Waals surface area contributed by atoms with E-state index in [0.29, 0.717) is 13.2 Å². The molecule has 0 N–H and O–H groups in total. The fraction of sp³-hybridized carbons (Fsp3) is 0.471. The molecule has 1 saturated heterocycles. The molecule has 24 heavy (non-hydrogen) atoms. The number of nitrogens with zero attached hydrogens (tertiary/aromatic N) is 4. The highest BCUT2D eigenvalue weighted by atomic mass is 32.2. The molecular weight excluding hydrogens is 324 g/mol. The van der Waals surface area contributed by atoms with Crippen LogP contribution in [0.15, 0.2) is 29.4 Å². The number of Topliss-reactive ketones (excluding diaryl/α,β-unsaturated/α-hetero) is 1. The molecule has 0 radical (unpaired) electrons. The first-order valence-electron chi connectivity index (χ1n) is 8.08. The van der Waals surface area contributed by atoms with Gasteiger partial charge in [0.05, 0.1) is 24.2 Å². The number of carbonyl (C=O) groups excluding carboxylic acids is 1. The molecule has 6 nitrogen and oxygen atoms in total. The van der Waals surface area contributed by atoms with Gasteiger partial charge in [0.2, 0.25) is 5.95 Å². The van der Waals surface area contributed by atoms with Crippen LogP contribution >= 0.6 is 11.8 Å². The molecule has 1 fully saturated rings. The lowest BCUT2D eigenvalue weighted by Crippen LogP contribution is -2.37. The average Bonchev–Trinajstić information content (AvgIpc) is 3.00. The number of hydrogen-bond acceptors (Lipinski definition) is 6. The molecule has 128 valence electrons. The van der Waals surface area contributed by atoms with Crippen molar-refractivity contribution in [2.75, 3.05) is 31.2 Å². The lowest BCUT2D eigenvalue weighted by molar-refractivity contribution is -0.116. The van der Waals surface area contributed by atoms with Crippen molar-refractivity contribution in [3.05, 3.63) is 29.8 Å². The summed E-state index contributed by atoms with van der Waals surface area (Å²) < 4.78 is 7.47. The zero-order chi connectivity index (χ0) is 17.1. The largest absolute Gasteiger partial charge is 0.378 e. The first kappa shape index (κ1) is 17.0.